The maximum atomic E-state index is 13.3. The number of rotatable bonds is 3. The van der Waals surface area contributed by atoms with E-state index in [1.165, 1.54) is 12.1 Å². The molecule has 0 aliphatic heterocycles. The van der Waals surface area contributed by atoms with E-state index in [2.05, 4.69) is 24.1 Å². The maximum Gasteiger partial charge on any atom is 0.268 e. The molecule has 3 rings (SSSR count). The minimum atomic E-state index is -0.319. The lowest BCUT2D eigenvalue weighted by Gasteiger charge is -2.50. The summed E-state index contributed by atoms with van der Waals surface area (Å²) in [5.41, 5.74) is 2.03. The van der Waals surface area contributed by atoms with Crippen molar-refractivity contribution < 1.29 is 13.9 Å². The van der Waals surface area contributed by atoms with Crippen LogP contribution in [0.15, 0.2) is 18.2 Å². The number of ether oxygens (including phenoxy) is 1. The molecule has 2 aromatic rings. The molecule has 1 amide bonds. The molecule has 1 aliphatic rings. The van der Waals surface area contributed by atoms with E-state index in [1.54, 1.807) is 13.2 Å². The van der Waals surface area contributed by atoms with Gasteiger partial charge in [-0.05, 0) is 42.5 Å². The van der Waals surface area contributed by atoms with Crippen molar-refractivity contribution in [2.24, 2.45) is 5.41 Å². The van der Waals surface area contributed by atoms with Gasteiger partial charge in [-0.15, -0.1) is 0 Å². The average Bonchev–Trinajstić information content (AvgIpc) is 2.74. The maximum absolute atomic E-state index is 13.3. The first-order valence-electron chi connectivity index (χ1n) is 7.45. The van der Waals surface area contributed by atoms with Gasteiger partial charge >= 0.3 is 0 Å². The van der Waals surface area contributed by atoms with Gasteiger partial charge in [0, 0.05) is 18.0 Å². The predicted octanol–water partition coefficient (Wildman–Crippen LogP) is 3.16. The van der Waals surface area contributed by atoms with Crippen LogP contribution in [0.1, 0.15) is 36.3 Å². The Labute approximate surface area is 129 Å². The lowest BCUT2D eigenvalue weighted by atomic mass is 9.65. The second-order valence-electron chi connectivity index (χ2n) is 6.74. The molecular formula is C17H21FN2O2. The van der Waals surface area contributed by atoms with Crippen LogP contribution >= 0.6 is 0 Å². The number of carbonyl (C=O) groups is 1. The number of aromatic amines is 1. The molecule has 0 bridgehead atoms. The summed E-state index contributed by atoms with van der Waals surface area (Å²) in [4.78, 5) is 15.5. The predicted molar refractivity (Wildman–Crippen MR) is 83.4 cm³/mol. The smallest absolute Gasteiger partial charge is 0.268 e. The zero-order valence-corrected chi connectivity index (χ0v) is 13.3. The summed E-state index contributed by atoms with van der Waals surface area (Å²) in [6.07, 6.45) is 0.893. The van der Waals surface area contributed by atoms with E-state index in [0.29, 0.717) is 11.2 Å². The van der Waals surface area contributed by atoms with E-state index in [1.807, 2.05) is 6.92 Å². The SMILES string of the molecule is COC1C(NC(=O)c2[nH]c3cc(F)ccc3c2C)CC1(C)C. The molecule has 4 nitrogen and oxygen atoms in total. The van der Waals surface area contributed by atoms with E-state index in [4.69, 9.17) is 4.74 Å². The zero-order valence-electron chi connectivity index (χ0n) is 13.3. The number of carbonyl (C=O) groups excluding carboxylic acids is 1. The quantitative estimate of drug-likeness (QED) is 0.915. The second-order valence-corrected chi connectivity index (χ2v) is 6.74. The Morgan fingerprint density at radius 1 is 1.45 bits per heavy atom. The summed E-state index contributed by atoms with van der Waals surface area (Å²) in [7, 11) is 1.67. The number of hydrogen-bond acceptors (Lipinski definition) is 2. The molecule has 22 heavy (non-hydrogen) atoms. The van der Waals surface area contributed by atoms with Crippen molar-refractivity contribution in [2.45, 2.75) is 39.3 Å². The van der Waals surface area contributed by atoms with Gasteiger partial charge in [-0.3, -0.25) is 4.79 Å². The summed E-state index contributed by atoms with van der Waals surface area (Å²) >= 11 is 0. The van der Waals surface area contributed by atoms with Gasteiger partial charge in [0.1, 0.15) is 11.5 Å². The molecule has 5 heteroatoms. The lowest BCUT2D eigenvalue weighted by molar-refractivity contribution is -0.0955. The number of benzene rings is 1. The highest BCUT2D eigenvalue weighted by Crippen LogP contribution is 2.42. The van der Waals surface area contributed by atoms with Gasteiger partial charge in [0.25, 0.3) is 5.91 Å². The Balaban J connectivity index is 1.83. The molecule has 1 saturated carbocycles. The number of aryl methyl sites for hydroxylation is 1. The summed E-state index contributed by atoms with van der Waals surface area (Å²) < 4.78 is 18.8. The zero-order chi connectivity index (χ0) is 16.1. The van der Waals surface area contributed by atoms with Gasteiger partial charge in [-0.1, -0.05) is 13.8 Å². The second kappa shape index (κ2) is 5.09. The molecule has 118 valence electrons. The van der Waals surface area contributed by atoms with Crippen molar-refractivity contribution in [1.82, 2.24) is 10.3 Å². The van der Waals surface area contributed by atoms with Crippen LogP contribution in [-0.4, -0.2) is 30.1 Å². The summed E-state index contributed by atoms with van der Waals surface area (Å²) in [6.45, 7) is 6.12. The molecule has 1 aromatic carbocycles. The third-order valence-electron chi connectivity index (χ3n) is 4.70. The van der Waals surface area contributed by atoms with Gasteiger partial charge < -0.3 is 15.0 Å². The topological polar surface area (TPSA) is 54.1 Å². The first-order chi connectivity index (χ1) is 10.3. The van der Waals surface area contributed by atoms with Crippen molar-refractivity contribution in [3.63, 3.8) is 0 Å². The van der Waals surface area contributed by atoms with E-state index in [9.17, 15) is 9.18 Å². The fourth-order valence-corrected chi connectivity index (χ4v) is 3.56. The summed E-state index contributed by atoms with van der Waals surface area (Å²) in [5.74, 6) is -0.488. The molecule has 1 aromatic heterocycles. The first kappa shape index (κ1) is 15.0. The van der Waals surface area contributed by atoms with E-state index in [-0.39, 0.29) is 29.3 Å². The Hall–Kier alpha value is -1.88. The van der Waals surface area contributed by atoms with Gasteiger partial charge in [-0.25, -0.2) is 4.39 Å². The third-order valence-corrected chi connectivity index (χ3v) is 4.70. The Morgan fingerprint density at radius 2 is 2.18 bits per heavy atom. The highest BCUT2D eigenvalue weighted by atomic mass is 19.1. The van der Waals surface area contributed by atoms with E-state index >= 15 is 0 Å². The van der Waals surface area contributed by atoms with Gasteiger partial charge in [0.05, 0.1) is 12.1 Å². The monoisotopic (exact) mass is 304 g/mol. The van der Waals surface area contributed by atoms with Gasteiger partial charge in [0.2, 0.25) is 0 Å². The van der Waals surface area contributed by atoms with Crippen molar-refractivity contribution in [3.8, 4) is 0 Å². The standard InChI is InChI=1S/C17H21FN2O2/c1-9-11-6-5-10(18)7-12(11)19-14(9)16(21)20-13-8-17(2,3)15(13)22-4/h5-7,13,15,19H,8H2,1-4H3,(H,20,21). The minimum absolute atomic E-state index is 0.00930. The molecule has 1 heterocycles. The third kappa shape index (κ3) is 2.29. The normalized spacial score (nSPS) is 23.3. The first-order valence-corrected chi connectivity index (χ1v) is 7.45. The van der Waals surface area contributed by atoms with Crippen molar-refractivity contribution in [2.75, 3.05) is 7.11 Å². The largest absolute Gasteiger partial charge is 0.379 e. The van der Waals surface area contributed by atoms with E-state index in [0.717, 1.165) is 17.4 Å². The summed E-state index contributed by atoms with van der Waals surface area (Å²) in [6, 6.07) is 4.51. The Morgan fingerprint density at radius 3 is 2.82 bits per heavy atom. The van der Waals surface area contributed by atoms with Crippen molar-refractivity contribution in [1.29, 1.82) is 0 Å². The fourth-order valence-electron chi connectivity index (χ4n) is 3.56. The molecular weight excluding hydrogens is 283 g/mol. The van der Waals surface area contributed by atoms with Gasteiger partial charge in [0.15, 0.2) is 0 Å². The summed E-state index contributed by atoms with van der Waals surface area (Å²) in [5, 5.41) is 3.88. The van der Waals surface area contributed by atoms with Crippen LogP contribution < -0.4 is 5.32 Å². The number of fused-ring (bicyclic) bond motifs is 1. The number of nitrogens with one attached hydrogen (secondary N) is 2. The lowest BCUT2D eigenvalue weighted by Crippen LogP contribution is -2.61. The minimum Gasteiger partial charge on any atom is -0.379 e. The molecule has 2 unspecified atom stereocenters. The highest BCUT2D eigenvalue weighted by molar-refractivity contribution is 6.01. The van der Waals surface area contributed by atoms with Gasteiger partial charge in [-0.2, -0.15) is 0 Å². The highest BCUT2D eigenvalue weighted by Gasteiger charge is 2.48. The molecule has 0 saturated heterocycles. The fraction of sp³-hybridized carbons (Fsp3) is 0.471. The molecule has 2 N–H and O–H groups in total. The Kier molecular flexibility index (Phi) is 3.48. The molecule has 0 spiro atoms. The van der Waals surface area contributed by atoms with Crippen molar-refractivity contribution in [3.05, 3.63) is 35.3 Å². The number of amides is 1. The van der Waals surface area contributed by atoms with Crippen LogP contribution in [-0.2, 0) is 4.74 Å². The number of halogens is 1. The van der Waals surface area contributed by atoms with Crippen LogP contribution in [0.3, 0.4) is 0 Å². The van der Waals surface area contributed by atoms with Crippen LogP contribution in [0.4, 0.5) is 4.39 Å². The number of hydrogen-bond donors (Lipinski definition) is 2. The van der Waals surface area contributed by atoms with E-state index < -0.39 is 0 Å². The van der Waals surface area contributed by atoms with Crippen LogP contribution in [0.25, 0.3) is 10.9 Å². The van der Waals surface area contributed by atoms with Crippen LogP contribution in [0.5, 0.6) is 0 Å². The molecule has 2 atom stereocenters. The molecule has 1 fully saturated rings. The molecule has 0 radical (unpaired) electrons. The average molecular weight is 304 g/mol. The number of H-pyrrole nitrogens is 1. The molecule has 1 aliphatic carbocycles. The van der Waals surface area contributed by atoms with Crippen molar-refractivity contribution >= 4 is 16.8 Å². The number of methoxy groups -OCH3 is 1. The Bertz CT molecular complexity index is 736. The van der Waals surface area contributed by atoms with Crippen LogP contribution in [0, 0.1) is 18.2 Å². The number of aromatic nitrogens is 1. The van der Waals surface area contributed by atoms with Crippen LogP contribution in [0.2, 0.25) is 0 Å².